The molecule has 1 N–H and O–H groups in total. The van der Waals surface area contributed by atoms with E-state index in [-0.39, 0.29) is 0 Å². The number of carbonyl (C=O) groups is 1. The number of aliphatic carboxylic acids is 1. The van der Waals surface area contributed by atoms with Gasteiger partial charge in [0, 0.05) is 12.1 Å². The van der Waals surface area contributed by atoms with Crippen LogP contribution in [0, 0.1) is 0 Å². The molecule has 29 heavy (non-hydrogen) atoms. The average Bonchev–Trinajstić information content (AvgIpc) is 3.26. The van der Waals surface area contributed by atoms with Crippen LogP contribution in [0.4, 0.5) is 0 Å². The first kappa shape index (κ1) is 19.5. The van der Waals surface area contributed by atoms with Crippen LogP contribution in [0.2, 0.25) is 0 Å². The van der Waals surface area contributed by atoms with Gasteiger partial charge in [0.1, 0.15) is 12.4 Å². The van der Waals surface area contributed by atoms with E-state index in [1.54, 1.807) is 0 Å². The number of likely N-dealkylation sites (tertiary alicyclic amines) is 1. The van der Waals surface area contributed by atoms with Crippen molar-refractivity contribution in [1.29, 1.82) is 0 Å². The SMILES string of the molecule is O=C(O)C(Cc1c(OCCN2CCCC2)ccc2ccccc12)c1ccccc1. The maximum atomic E-state index is 12.1. The molecule has 4 nitrogen and oxygen atoms in total. The van der Waals surface area contributed by atoms with Gasteiger partial charge >= 0.3 is 5.97 Å². The van der Waals surface area contributed by atoms with Crippen LogP contribution in [-0.4, -0.2) is 42.2 Å². The average molecular weight is 389 g/mol. The van der Waals surface area contributed by atoms with Crippen molar-refractivity contribution in [1.82, 2.24) is 4.90 Å². The summed E-state index contributed by atoms with van der Waals surface area (Å²) >= 11 is 0. The van der Waals surface area contributed by atoms with Gasteiger partial charge in [-0.2, -0.15) is 0 Å². The van der Waals surface area contributed by atoms with Gasteiger partial charge in [0.2, 0.25) is 0 Å². The molecule has 1 saturated heterocycles. The fourth-order valence-corrected chi connectivity index (χ4v) is 4.19. The Morgan fingerprint density at radius 1 is 0.966 bits per heavy atom. The van der Waals surface area contributed by atoms with E-state index in [0.29, 0.717) is 13.0 Å². The van der Waals surface area contributed by atoms with Gasteiger partial charge in [-0.15, -0.1) is 0 Å². The summed E-state index contributed by atoms with van der Waals surface area (Å²) in [6.45, 7) is 3.81. The van der Waals surface area contributed by atoms with Gasteiger partial charge in [0.15, 0.2) is 0 Å². The Hall–Kier alpha value is -2.85. The Morgan fingerprint density at radius 3 is 2.45 bits per heavy atom. The molecule has 1 heterocycles. The van der Waals surface area contributed by atoms with E-state index in [2.05, 4.69) is 23.1 Å². The van der Waals surface area contributed by atoms with Crippen molar-refractivity contribution in [3.05, 3.63) is 77.9 Å². The lowest BCUT2D eigenvalue weighted by Gasteiger charge is -2.20. The Bertz CT molecular complexity index is 964. The lowest BCUT2D eigenvalue weighted by molar-refractivity contribution is -0.138. The van der Waals surface area contributed by atoms with Crippen LogP contribution < -0.4 is 4.74 Å². The molecule has 0 saturated carbocycles. The summed E-state index contributed by atoms with van der Waals surface area (Å²) in [6.07, 6.45) is 2.93. The number of benzene rings is 3. The van der Waals surface area contributed by atoms with Gasteiger partial charge in [-0.1, -0.05) is 60.7 Å². The molecule has 1 fully saturated rings. The first-order chi connectivity index (χ1) is 14.2. The van der Waals surface area contributed by atoms with Crippen LogP contribution in [0.3, 0.4) is 0 Å². The summed E-state index contributed by atoms with van der Waals surface area (Å²) in [5, 5.41) is 12.1. The molecule has 1 aliphatic rings. The predicted octanol–water partition coefficient (Wildman–Crippen LogP) is 4.73. The zero-order chi connectivity index (χ0) is 20.1. The van der Waals surface area contributed by atoms with Crippen LogP contribution in [-0.2, 0) is 11.2 Å². The standard InChI is InChI=1S/C25H27NO3/c27-25(28)22(19-8-2-1-3-9-19)18-23-21-11-5-4-10-20(21)12-13-24(23)29-17-16-26-14-6-7-15-26/h1-5,8-13,22H,6-7,14-18H2,(H,27,28). The third kappa shape index (κ3) is 4.60. The number of carboxylic acids is 1. The summed E-state index contributed by atoms with van der Waals surface area (Å²) in [7, 11) is 0. The molecule has 4 rings (SSSR count). The monoisotopic (exact) mass is 389 g/mol. The number of fused-ring (bicyclic) bond motifs is 1. The van der Waals surface area contributed by atoms with Crippen LogP contribution in [0.1, 0.15) is 29.9 Å². The normalized spacial score (nSPS) is 15.4. The third-order valence-corrected chi connectivity index (χ3v) is 5.77. The highest BCUT2D eigenvalue weighted by Gasteiger charge is 2.23. The smallest absolute Gasteiger partial charge is 0.311 e. The molecule has 1 aliphatic heterocycles. The van der Waals surface area contributed by atoms with E-state index in [1.807, 2.05) is 48.5 Å². The molecule has 3 aromatic carbocycles. The lowest BCUT2D eigenvalue weighted by Crippen LogP contribution is -2.25. The molecular weight excluding hydrogens is 362 g/mol. The molecule has 0 radical (unpaired) electrons. The quantitative estimate of drug-likeness (QED) is 0.605. The summed E-state index contributed by atoms with van der Waals surface area (Å²) in [5.41, 5.74) is 1.79. The van der Waals surface area contributed by atoms with Crippen molar-refractivity contribution in [2.75, 3.05) is 26.2 Å². The molecule has 0 bridgehead atoms. The highest BCUT2D eigenvalue weighted by atomic mass is 16.5. The molecular formula is C25H27NO3. The number of hydrogen-bond donors (Lipinski definition) is 1. The predicted molar refractivity (Wildman–Crippen MR) is 116 cm³/mol. The van der Waals surface area contributed by atoms with Gasteiger partial charge in [0.05, 0.1) is 5.92 Å². The zero-order valence-electron chi connectivity index (χ0n) is 16.6. The Balaban J connectivity index is 1.63. The third-order valence-electron chi connectivity index (χ3n) is 5.77. The molecule has 0 aromatic heterocycles. The second-order valence-electron chi connectivity index (χ2n) is 7.67. The number of carboxylic acid groups (broad SMARTS) is 1. The minimum atomic E-state index is -0.813. The fraction of sp³-hybridized carbons (Fsp3) is 0.320. The Labute approximate surface area is 171 Å². The van der Waals surface area contributed by atoms with Gasteiger partial charge < -0.3 is 9.84 Å². The Morgan fingerprint density at radius 2 is 1.69 bits per heavy atom. The van der Waals surface area contributed by atoms with Gasteiger partial charge in [-0.05, 0) is 54.8 Å². The van der Waals surface area contributed by atoms with Crippen molar-refractivity contribution in [2.45, 2.75) is 25.2 Å². The van der Waals surface area contributed by atoms with E-state index >= 15 is 0 Å². The molecule has 4 heteroatoms. The van der Waals surface area contributed by atoms with Crippen LogP contribution in [0.5, 0.6) is 5.75 Å². The molecule has 0 spiro atoms. The second kappa shape index (κ2) is 9.10. The molecule has 1 atom stereocenters. The second-order valence-corrected chi connectivity index (χ2v) is 7.67. The Kier molecular flexibility index (Phi) is 6.11. The van der Waals surface area contributed by atoms with E-state index < -0.39 is 11.9 Å². The summed E-state index contributed by atoms with van der Waals surface area (Å²) in [5.74, 6) is -0.625. The van der Waals surface area contributed by atoms with Crippen molar-refractivity contribution in [3.63, 3.8) is 0 Å². The molecule has 150 valence electrons. The molecule has 3 aromatic rings. The van der Waals surface area contributed by atoms with E-state index in [0.717, 1.165) is 47.3 Å². The van der Waals surface area contributed by atoms with Crippen molar-refractivity contribution in [2.24, 2.45) is 0 Å². The number of nitrogens with zero attached hydrogens (tertiary/aromatic N) is 1. The summed E-state index contributed by atoms with van der Waals surface area (Å²) in [4.78, 5) is 14.5. The molecule has 0 amide bonds. The number of rotatable bonds is 8. The maximum absolute atomic E-state index is 12.1. The van der Waals surface area contributed by atoms with Crippen molar-refractivity contribution >= 4 is 16.7 Å². The van der Waals surface area contributed by atoms with Crippen LogP contribution in [0.25, 0.3) is 10.8 Å². The number of ether oxygens (including phenoxy) is 1. The van der Waals surface area contributed by atoms with E-state index in [4.69, 9.17) is 4.74 Å². The first-order valence-electron chi connectivity index (χ1n) is 10.4. The van der Waals surface area contributed by atoms with Gasteiger partial charge in [-0.25, -0.2) is 0 Å². The van der Waals surface area contributed by atoms with Crippen LogP contribution >= 0.6 is 0 Å². The molecule has 0 aliphatic carbocycles. The molecule has 1 unspecified atom stereocenters. The van der Waals surface area contributed by atoms with E-state index in [1.165, 1.54) is 12.8 Å². The summed E-state index contributed by atoms with van der Waals surface area (Å²) < 4.78 is 6.19. The van der Waals surface area contributed by atoms with Crippen LogP contribution in [0.15, 0.2) is 66.7 Å². The largest absolute Gasteiger partial charge is 0.492 e. The van der Waals surface area contributed by atoms with Crippen molar-refractivity contribution in [3.8, 4) is 5.75 Å². The van der Waals surface area contributed by atoms with Crippen molar-refractivity contribution < 1.29 is 14.6 Å². The maximum Gasteiger partial charge on any atom is 0.311 e. The highest BCUT2D eigenvalue weighted by Crippen LogP contribution is 2.33. The zero-order valence-corrected chi connectivity index (χ0v) is 16.6. The van der Waals surface area contributed by atoms with Gasteiger partial charge in [0.25, 0.3) is 0 Å². The fourth-order valence-electron chi connectivity index (χ4n) is 4.19. The van der Waals surface area contributed by atoms with Gasteiger partial charge in [-0.3, -0.25) is 9.69 Å². The minimum absolute atomic E-state index is 0.403. The number of hydrogen-bond acceptors (Lipinski definition) is 3. The topological polar surface area (TPSA) is 49.8 Å². The lowest BCUT2D eigenvalue weighted by atomic mass is 9.89. The summed E-state index contributed by atoms with van der Waals surface area (Å²) in [6, 6.07) is 21.6. The van der Waals surface area contributed by atoms with E-state index in [9.17, 15) is 9.90 Å². The highest BCUT2D eigenvalue weighted by molar-refractivity contribution is 5.89. The minimum Gasteiger partial charge on any atom is -0.492 e. The first-order valence-corrected chi connectivity index (χ1v) is 10.4.